The van der Waals surface area contributed by atoms with E-state index in [-0.39, 0.29) is 5.41 Å². The Hall–Kier alpha value is -3.64. The van der Waals surface area contributed by atoms with Crippen LogP contribution in [0.15, 0.2) is 61.4 Å². The molecule has 0 atom stereocenters. The molecule has 4 aromatic rings. The Balaban J connectivity index is 0.000000143. The van der Waals surface area contributed by atoms with E-state index in [0.29, 0.717) is 6.42 Å². The first-order valence-electron chi connectivity index (χ1n) is 9.37. The van der Waals surface area contributed by atoms with Crippen LogP contribution in [-0.4, -0.2) is 18.8 Å². The second-order valence-electron chi connectivity index (χ2n) is 7.07. The highest BCUT2D eigenvalue weighted by atomic mass is 15.0. The Bertz CT molecular complexity index is 1180. The van der Waals surface area contributed by atoms with E-state index in [1.807, 2.05) is 45.7 Å². The van der Waals surface area contributed by atoms with Gasteiger partial charge >= 0.3 is 0 Å². The van der Waals surface area contributed by atoms with Crippen molar-refractivity contribution in [3.05, 3.63) is 72.6 Å². The van der Waals surface area contributed by atoms with Crippen LogP contribution in [0.4, 0.5) is 0 Å². The molecular formula is C22H20N6. The Labute approximate surface area is 163 Å². The van der Waals surface area contributed by atoms with E-state index in [2.05, 4.69) is 34.2 Å². The molecule has 0 unspecified atom stereocenters. The molecule has 6 nitrogen and oxygen atoms in total. The molecule has 1 fully saturated rings. The van der Waals surface area contributed by atoms with Crippen molar-refractivity contribution >= 4 is 11.3 Å². The molecular weight excluding hydrogens is 348 g/mol. The lowest BCUT2D eigenvalue weighted by Crippen LogP contribution is -2.19. The molecule has 0 bridgehead atoms. The van der Waals surface area contributed by atoms with Gasteiger partial charge in [0.2, 0.25) is 0 Å². The summed E-state index contributed by atoms with van der Waals surface area (Å²) in [6, 6.07) is 12.6. The second kappa shape index (κ2) is 7.54. The monoisotopic (exact) mass is 368 g/mol. The van der Waals surface area contributed by atoms with Crippen molar-refractivity contribution in [2.45, 2.75) is 37.5 Å². The molecule has 6 heteroatoms. The predicted molar refractivity (Wildman–Crippen MR) is 105 cm³/mol. The number of nitriles is 2. The van der Waals surface area contributed by atoms with Gasteiger partial charge in [0.15, 0.2) is 0 Å². The molecule has 1 aliphatic carbocycles. The predicted octanol–water partition coefficient (Wildman–Crippen LogP) is 4.07. The zero-order valence-corrected chi connectivity index (χ0v) is 15.5. The fourth-order valence-electron chi connectivity index (χ4n) is 3.81. The van der Waals surface area contributed by atoms with Crippen LogP contribution in [0.3, 0.4) is 0 Å². The maximum atomic E-state index is 9.42. The minimum Gasteiger partial charge on any atom is -0.307 e. The van der Waals surface area contributed by atoms with Crippen LogP contribution in [0.2, 0.25) is 0 Å². The van der Waals surface area contributed by atoms with E-state index < -0.39 is 0 Å². The standard InChI is InChI=1S/C13H13N3.C9H7N3/c14-10-13(4-1-2-5-13)11-3-7-16-8-6-15-12(16)9-11;10-3-1-8-2-5-12-6-4-11-9(12)7-8/h3,6-9H,1-2,4-5H2;2,4-7H,1H2. The molecule has 0 spiro atoms. The molecule has 28 heavy (non-hydrogen) atoms. The van der Waals surface area contributed by atoms with E-state index in [1.54, 1.807) is 12.4 Å². The summed E-state index contributed by atoms with van der Waals surface area (Å²) < 4.78 is 3.89. The van der Waals surface area contributed by atoms with E-state index in [9.17, 15) is 5.26 Å². The lowest BCUT2D eigenvalue weighted by molar-refractivity contribution is 0.572. The Morgan fingerprint density at radius 3 is 2.18 bits per heavy atom. The van der Waals surface area contributed by atoms with Gasteiger partial charge in [-0.25, -0.2) is 9.97 Å². The maximum absolute atomic E-state index is 9.42. The van der Waals surface area contributed by atoms with Crippen LogP contribution in [0.5, 0.6) is 0 Å². The molecule has 0 aromatic carbocycles. The van der Waals surface area contributed by atoms with Crippen molar-refractivity contribution in [3.63, 3.8) is 0 Å². The Morgan fingerprint density at radius 1 is 0.893 bits per heavy atom. The zero-order valence-electron chi connectivity index (χ0n) is 15.5. The number of imidazole rings is 2. The minimum absolute atomic E-state index is 0.256. The molecule has 0 aliphatic heterocycles. The number of aromatic nitrogens is 4. The van der Waals surface area contributed by atoms with Crippen molar-refractivity contribution in [2.75, 3.05) is 0 Å². The molecule has 138 valence electrons. The van der Waals surface area contributed by atoms with Crippen LogP contribution in [-0.2, 0) is 11.8 Å². The molecule has 4 heterocycles. The normalized spacial score (nSPS) is 14.9. The van der Waals surface area contributed by atoms with Crippen LogP contribution >= 0.6 is 0 Å². The van der Waals surface area contributed by atoms with Crippen LogP contribution < -0.4 is 0 Å². The first kappa shape index (κ1) is 17.8. The fraction of sp³-hybridized carbons (Fsp3) is 0.273. The number of hydrogen-bond acceptors (Lipinski definition) is 4. The largest absolute Gasteiger partial charge is 0.307 e. The van der Waals surface area contributed by atoms with Gasteiger partial charge < -0.3 is 8.80 Å². The third-order valence-electron chi connectivity index (χ3n) is 5.37. The summed E-state index contributed by atoms with van der Waals surface area (Å²) in [6.07, 6.45) is 16.0. The van der Waals surface area contributed by atoms with Gasteiger partial charge in [-0.1, -0.05) is 12.8 Å². The quantitative estimate of drug-likeness (QED) is 0.534. The van der Waals surface area contributed by atoms with Gasteiger partial charge in [-0.2, -0.15) is 10.5 Å². The van der Waals surface area contributed by atoms with Gasteiger partial charge in [-0.15, -0.1) is 0 Å². The van der Waals surface area contributed by atoms with Gasteiger partial charge in [0, 0.05) is 37.2 Å². The summed E-state index contributed by atoms with van der Waals surface area (Å²) in [6.45, 7) is 0. The van der Waals surface area contributed by atoms with Gasteiger partial charge in [0.05, 0.1) is 24.0 Å². The summed E-state index contributed by atoms with van der Waals surface area (Å²) >= 11 is 0. The van der Waals surface area contributed by atoms with E-state index in [0.717, 1.165) is 48.1 Å². The summed E-state index contributed by atoms with van der Waals surface area (Å²) in [7, 11) is 0. The molecule has 1 aliphatic rings. The van der Waals surface area contributed by atoms with Gasteiger partial charge in [-0.3, -0.25) is 0 Å². The van der Waals surface area contributed by atoms with Gasteiger partial charge in [-0.05, 0) is 48.2 Å². The molecule has 1 saturated carbocycles. The number of rotatable bonds is 2. The number of nitrogens with zero attached hydrogens (tertiary/aromatic N) is 6. The van der Waals surface area contributed by atoms with Crippen LogP contribution in [0.1, 0.15) is 36.8 Å². The SMILES string of the molecule is N#CC1(c2ccn3ccnc3c2)CCCC1.N#CCc1ccn2ccnc2c1. The highest BCUT2D eigenvalue weighted by Crippen LogP contribution is 2.40. The molecule has 0 radical (unpaired) electrons. The fourth-order valence-corrected chi connectivity index (χ4v) is 3.81. The molecule has 4 aromatic heterocycles. The highest BCUT2D eigenvalue weighted by molar-refractivity contribution is 5.46. The topological polar surface area (TPSA) is 82.2 Å². The average Bonchev–Trinajstić information content (AvgIpc) is 3.47. The van der Waals surface area contributed by atoms with Crippen LogP contribution in [0.25, 0.3) is 11.3 Å². The first-order chi connectivity index (χ1) is 13.7. The molecule has 0 saturated heterocycles. The number of hydrogen-bond donors (Lipinski definition) is 0. The second-order valence-corrected chi connectivity index (χ2v) is 7.07. The highest BCUT2D eigenvalue weighted by Gasteiger charge is 2.35. The van der Waals surface area contributed by atoms with E-state index in [1.165, 1.54) is 0 Å². The van der Waals surface area contributed by atoms with Crippen molar-refractivity contribution in [3.8, 4) is 12.1 Å². The lowest BCUT2D eigenvalue weighted by atomic mass is 9.81. The van der Waals surface area contributed by atoms with Crippen molar-refractivity contribution in [1.82, 2.24) is 18.8 Å². The summed E-state index contributed by atoms with van der Waals surface area (Å²) in [4.78, 5) is 8.38. The van der Waals surface area contributed by atoms with Crippen molar-refractivity contribution < 1.29 is 0 Å². The van der Waals surface area contributed by atoms with Gasteiger partial charge in [0.1, 0.15) is 11.3 Å². The van der Waals surface area contributed by atoms with Crippen molar-refractivity contribution in [2.24, 2.45) is 0 Å². The van der Waals surface area contributed by atoms with E-state index in [4.69, 9.17) is 5.26 Å². The first-order valence-corrected chi connectivity index (χ1v) is 9.37. The maximum Gasteiger partial charge on any atom is 0.136 e. The lowest BCUT2D eigenvalue weighted by Gasteiger charge is -2.20. The molecule has 0 amide bonds. The molecule has 5 rings (SSSR count). The van der Waals surface area contributed by atoms with E-state index >= 15 is 0 Å². The number of pyridine rings is 2. The summed E-state index contributed by atoms with van der Waals surface area (Å²) in [5, 5.41) is 17.9. The average molecular weight is 368 g/mol. The number of fused-ring (bicyclic) bond motifs is 2. The molecule has 0 N–H and O–H groups in total. The third-order valence-corrected chi connectivity index (χ3v) is 5.37. The smallest absolute Gasteiger partial charge is 0.136 e. The summed E-state index contributed by atoms with van der Waals surface area (Å²) in [5.41, 5.74) is 3.71. The minimum atomic E-state index is -0.256. The Kier molecular flexibility index (Phi) is 4.78. The third kappa shape index (κ3) is 3.33. The zero-order chi connectivity index (χ0) is 19.4. The van der Waals surface area contributed by atoms with Crippen LogP contribution in [0, 0.1) is 22.7 Å². The summed E-state index contributed by atoms with van der Waals surface area (Å²) in [5.74, 6) is 0. The Morgan fingerprint density at radius 2 is 1.54 bits per heavy atom. The van der Waals surface area contributed by atoms with Gasteiger partial charge in [0.25, 0.3) is 0 Å². The van der Waals surface area contributed by atoms with Crippen molar-refractivity contribution in [1.29, 1.82) is 10.5 Å².